The normalized spacial score (nSPS) is 16.8. The average Bonchev–Trinajstić information content (AvgIpc) is 2.46. The second kappa shape index (κ2) is 5.41. The minimum atomic E-state index is -0.0697. The van der Waals surface area contributed by atoms with Gasteiger partial charge in [-0.15, -0.1) is 0 Å². The zero-order valence-corrected chi connectivity index (χ0v) is 13.2. The third kappa shape index (κ3) is 2.80. The first-order valence-corrected chi connectivity index (χ1v) is 7.50. The lowest BCUT2D eigenvalue weighted by Crippen LogP contribution is -2.41. The fourth-order valence-electron chi connectivity index (χ4n) is 2.57. The molecule has 1 heterocycles. The molecule has 0 aliphatic carbocycles. The fraction of sp³-hybridized carbons (Fsp3) is 0.263. The molecule has 0 spiro atoms. The molecule has 0 aromatic heterocycles. The van der Waals surface area contributed by atoms with Crippen molar-refractivity contribution < 1.29 is 9.79 Å². The summed E-state index contributed by atoms with van der Waals surface area (Å²) in [5.41, 5.74) is 4.56. The van der Waals surface area contributed by atoms with Crippen molar-refractivity contribution in [3.8, 4) is 0 Å². The summed E-state index contributed by atoms with van der Waals surface area (Å²) in [7, 11) is 0. The molecule has 22 heavy (non-hydrogen) atoms. The molecule has 0 saturated heterocycles. The lowest BCUT2D eigenvalue weighted by molar-refractivity contribution is -0.562. The molecule has 1 aliphatic heterocycles. The zero-order chi connectivity index (χ0) is 15.7. The van der Waals surface area contributed by atoms with E-state index in [-0.39, 0.29) is 11.3 Å². The van der Waals surface area contributed by atoms with Gasteiger partial charge in [0.2, 0.25) is 12.3 Å². The molecule has 0 N–H and O–H groups in total. The number of hydrazone groups is 1. The minimum absolute atomic E-state index is 0.0697. The minimum Gasteiger partial charge on any atom is -0.853 e. The van der Waals surface area contributed by atoms with Crippen molar-refractivity contribution in [1.29, 1.82) is 0 Å². The Morgan fingerprint density at radius 1 is 0.955 bits per heavy atom. The summed E-state index contributed by atoms with van der Waals surface area (Å²) in [6.45, 7) is 6.96. The monoisotopic (exact) mass is 292 g/mol. The van der Waals surface area contributed by atoms with E-state index in [4.69, 9.17) is 0 Å². The molecule has 3 heteroatoms. The molecule has 0 atom stereocenters. The lowest BCUT2D eigenvalue weighted by Gasteiger charge is -2.20. The van der Waals surface area contributed by atoms with Crippen LogP contribution in [0.3, 0.4) is 0 Å². The highest BCUT2D eigenvalue weighted by Crippen LogP contribution is 2.23. The summed E-state index contributed by atoms with van der Waals surface area (Å²) in [6.07, 6.45) is 0. The van der Waals surface area contributed by atoms with Crippen LogP contribution < -0.4 is 5.11 Å². The molecule has 2 aromatic rings. The number of hydrogen-bond acceptors (Lipinski definition) is 2. The highest BCUT2D eigenvalue weighted by atomic mass is 16.3. The summed E-state index contributed by atoms with van der Waals surface area (Å²) >= 11 is 0. The Hall–Kier alpha value is -2.42. The van der Waals surface area contributed by atoms with Crippen molar-refractivity contribution in [2.75, 3.05) is 6.54 Å². The van der Waals surface area contributed by atoms with E-state index in [2.05, 4.69) is 50.1 Å². The molecule has 2 aromatic carbocycles. The Morgan fingerprint density at radius 3 is 2.00 bits per heavy atom. The van der Waals surface area contributed by atoms with Gasteiger partial charge in [-0.1, -0.05) is 55.8 Å². The smallest absolute Gasteiger partial charge is 0.246 e. The Balaban J connectivity index is 2.07. The maximum absolute atomic E-state index is 11.2. The first kappa shape index (κ1) is 14.5. The van der Waals surface area contributed by atoms with Crippen LogP contribution in [0, 0.1) is 0 Å². The van der Waals surface area contributed by atoms with Crippen molar-refractivity contribution in [1.82, 2.24) is 0 Å². The van der Waals surface area contributed by atoms with Crippen LogP contribution >= 0.6 is 0 Å². The van der Waals surface area contributed by atoms with Gasteiger partial charge in [0.15, 0.2) is 0 Å². The molecule has 3 rings (SSSR count). The van der Waals surface area contributed by atoms with Crippen molar-refractivity contribution in [2.45, 2.75) is 26.2 Å². The predicted molar refractivity (Wildman–Crippen MR) is 87.4 cm³/mol. The maximum atomic E-state index is 11.2. The molecule has 0 radical (unpaired) electrons. The van der Waals surface area contributed by atoms with Crippen LogP contribution in [0.25, 0.3) is 0 Å². The van der Waals surface area contributed by atoms with Gasteiger partial charge in [-0.25, -0.2) is 0 Å². The van der Waals surface area contributed by atoms with Crippen molar-refractivity contribution in [2.24, 2.45) is 5.10 Å². The van der Waals surface area contributed by atoms with E-state index in [0.717, 1.165) is 16.8 Å². The van der Waals surface area contributed by atoms with E-state index in [1.165, 1.54) is 5.56 Å². The van der Waals surface area contributed by atoms with Crippen molar-refractivity contribution in [3.05, 3.63) is 71.3 Å². The van der Waals surface area contributed by atoms with E-state index >= 15 is 0 Å². The van der Waals surface area contributed by atoms with Crippen LogP contribution in [-0.4, -0.2) is 22.8 Å². The number of nitrogens with zero attached hydrogens (tertiary/aromatic N) is 2. The van der Waals surface area contributed by atoms with Crippen LogP contribution in [0.5, 0.6) is 0 Å². The van der Waals surface area contributed by atoms with E-state index in [1.54, 1.807) is 4.68 Å². The van der Waals surface area contributed by atoms with Gasteiger partial charge in [-0.3, -0.25) is 0 Å². The largest absolute Gasteiger partial charge is 0.853 e. The molecule has 3 nitrogen and oxygen atoms in total. The molecule has 0 saturated carbocycles. The summed E-state index contributed by atoms with van der Waals surface area (Å²) in [6, 6.07) is 18.6. The maximum Gasteiger partial charge on any atom is 0.246 e. The second-order valence-electron chi connectivity index (χ2n) is 6.59. The van der Waals surface area contributed by atoms with Crippen LogP contribution in [-0.2, 0) is 5.41 Å². The van der Waals surface area contributed by atoms with Crippen molar-refractivity contribution >= 4 is 11.6 Å². The zero-order valence-electron chi connectivity index (χ0n) is 13.2. The summed E-state index contributed by atoms with van der Waals surface area (Å²) < 4.78 is 1.78. The molecule has 112 valence electrons. The van der Waals surface area contributed by atoms with Crippen LogP contribution in [0.1, 0.15) is 37.5 Å². The average molecular weight is 292 g/mol. The summed E-state index contributed by atoms with van der Waals surface area (Å²) in [4.78, 5) is 0. The van der Waals surface area contributed by atoms with Crippen molar-refractivity contribution in [3.63, 3.8) is 0 Å². The molecule has 0 amide bonds. The molecular weight excluding hydrogens is 272 g/mol. The van der Waals surface area contributed by atoms with Gasteiger partial charge < -0.3 is 5.11 Å². The molecule has 0 unspecified atom stereocenters. The second-order valence-corrected chi connectivity index (χ2v) is 6.59. The van der Waals surface area contributed by atoms with Gasteiger partial charge in [-0.2, -0.15) is 0 Å². The van der Waals surface area contributed by atoms with E-state index < -0.39 is 0 Å². The standard InChI is InChI=1S/C19H20N2O/c1-19(2,3)16-11-9-15(10-12-16)18(21-13-17(22)20-21)14-7-5-4-6-8-14/h4-12H,13H2,1-3H3/b21-18-. The molecular formula is C19H20N2O. The van der Waals surface area contributed by atoms with Crippen LogP contribution in [0.4, 0.5) is 0 Å². The first-order chi connectivity index (χ1) is 10.4. The van der Waals surface area contributed by atoms with E-state index in [0.29, 0.717) is 6.54 Å². The molecule has 1 aliphatic rings. The van der Waals surface area contributed by atoms with Gasteiger partial charge in [-0.05, 0) is 40.3 Å². The highest BCUT2D eigenvalue weighted by Gasteiger charge is 2.25. The summed E-state index contributed by atoms with van der Waals surface area (Å²) in [5.74, 6) is -0.0697. The van der Waals surface area contributed by atoms with Gasteiger partial charge in [0.05, 0.1) is 0 Å². The quantitative estimate of drug-likeness (QED) is 0.784. The molecule has 0 bridgehead atoms. The third-order valence-corrected chi connectivity index (χ3v) is 3.85. The number of hydrogen-bond donors (Lipinski definition) is 0. The molecule has 0 fully saturated rings. The van der Waals surface area contributed by atoms with Gasteiger partial charge in [0.25, 0.3) is 0 Å². The number of rotatable bonds is 2. The van der Waals surface area contributed by atoms with Gasteiger partial charge in [0.1, 0.15) is 5.90 Å². The number of benzene rings is 2. The SMILES string of the molecule is CC(C)(C)c1ccc(/C(c2ccccc2)=[N+]2/CC([O-])=N2)cc1. The lowest BCUT2D eigenvalue weighted by atomic mass is 9.86. The third-order valence-electron chi connectivity index (χ3n) is 3.85. The Labute approximate surface area is 131 Å². The first-order valence-electron chi connectivity index (χ1n) is 7.50. The highest BCUT2D eigenvalue weighted by molar-refractivity contribution is 6.10. The Bertz CT molecular complexity index is 735. The van der Waals surface area contributed by atoms with E-state index in [1.807, 2.05) is 30.3 Å². The Kier molecular flexibility index (Phi) is 3.57. The van der Waals surface area contributed by atoms with Crippen LogP contribution in [0.15, 0.2) is 59.7 Å². The van der Waals surface area contributed by atoms with Crippen LogP contribution in [0.2, 0.25) is 0 Å². The Morgan fingerprint density at radius 2 is 1.50 bits per heavy atom. The van der Waals surface area contributed by atoms with Gasteiger partial charge in [0, 0.05) is 11.1 Å². The topological polar surface area (TPSA) is 38.4 Å². The fourth-order valence-corrected chi connectivity index (χ4v) is 2.57. The predicted octanol–water partition coefficient (Wildman–Crippen LogP) is 2.52. The van der Waals surface area contributed by atoms with Gasteiger partial charge >= 0.3 is 0 Å². The summed E-state index contributed by atoms with van der Waals surface area (Å²) in [5, 5.41) is 15.2. The van der Waals surface area contributed by atoms with E-state index in [9.17, 15) is 5.11 Å².